The van der Waals surface area contributed by atoms with Crippen molar-refractivity contribution in [2.75, 3.05) is 12.5 Å². The van der Waals surface area contributed by atoms with Crippen LogP contribution in [0.1, 0.15) is 5.56 Å². The molecule has 3 heteroatoms. The van der Waals surface area contributed by atoms with Gasteiger partial charge in [0.2, 0.25) is 6.79 Å². The van der Waals surface area contributed by atoms with Crippen molar-refractivity contribution < 1.29 is 9.47 Å². The van der Waals surface area contributed by atoms with Crippen LogP contribution in [0.25, 0.3) is 0 Å². The summed E-state index contributed by atoms with van der Waals surface area (Å²) in [6.07, 6.45) is 0. The highest BCUT2D eigenvalue weighted by Gasteiger charge is 1.95. The summed E-state index contributed by atoms with van der Waals surface area (Å²) >= 11 is 0. The summed E-state index contributed by atoms with van der Waals surface area (Å²) in [5.41, 5.74) is 7.50. The van der Waals surface area contributed by atoms with E-state index >= 15 is 0 Å². The Morgan fingerprint density at radius 1 is 0.824 bits per heavy atom. The number of nitrogens with two attached hydrogens (primary N) is 1. The minimum Gasteiger partial charge on any atom is -0.458 e. The quantitative estimate of drug-likeness (QED) is 0.647. The maximum Gasteiger partial charge on any atom is 0.230 e. The average Bonchev–Trinajstić information content (AvgIpc) is 2.34. The van der Waals surface area contributed by atoms with E-state index in [0.29, 0.717) is 0 Å². The van der Waals surface area contributed by atoms with Gasteiger partial charge in [0.15, 0.2) is 0 Å². The van der Waals surface area contributed by atoms with Crippen LogP contribution in [0.15, 0.2) is 48.5 Å². The van der Waals surface area contributed by atoms with Gasteiger partial charge in [-0.05, 0) is 43.3 Å². The number of anilines is 1. The molecule has 88 valence electrons. The van der Waals surface area contributed by atoms with Crippen molar-refractivity contribution in [3.63, 3.8) is 0 Å². The minimum absolute atomic E-state index is 0.187. The topological polar surface area (TPSA) is 44.5 Å². The van der Waals surface area contributed by atoms with Crippen LogP contribution in [0.4, 0.5) is 5.69 Å². The molecule has 0 heterocycles. The number of hydrogen-bond donors (Lipinski definition) is 1. The molecule has 0 aliphatic heterocycles. The maximum absolute atomic E-state index is 5.57. The Morgan fingerprint density at radius 3 is 1.82 bits per heavy atom. The third-order valence-electron chi connectivity index (χ3n) is 2.35. The third-order valence-corrected chi connectivity index (χ3v) is 2.35. The van der Waals surface area contributed by atoms with Gasteiger partial charge in [-0.15, -0.1) is 0 Å². The Hall–Kier alpha value is -2.16. The highest BCUT2D eigenvalue weighted by Crippen LogP contribution is 2.15. The van der Waals surface area contributed by atoms with Crippen molar-refractivity contribution in [2.45, 2.75) is 6.92 Å². The first kappa shape index (κ1) is 11.3. The molecule has 0 saturated carbocycles. The molecule has 0 atom stereocenters. The molecule has 0 aromatic heterocycles. The lowest BCUT2D eigenvalue weighted by atomic mass is 10.2. The van der Waals surface area contributed by atoms with Gasteiger partial charge in [-0.3, -0.25) is 0 Å². The van der Waals surface area contributed by atoms with Crippen molar-refractivity contribution >= 4 is 5.69 Å². The normalized spacial score (nSPS) is 9.94. The van der Waals surface area contributed by atoms with Crippen LogP contribution in [-0.2, 0) is 0 Å². The number of hydrogen-bond acceptors (Lipinski definition) is 3. The van der Waals surface area contributed by atoms with Gasteiger partial charge in [0.25, 0.3) is 0 Å². The molecule has 0 unspecified atom stereocenters. The zero-order valence-corrected chi connectivity index (χ0v) is 9.72. The molecule has 17 heavy (non-hydrogen) atoms. The summed E-state index contributed by atoms with van der Waals surface area (Å²) in [5.74, 6) is 1.54. The molecule has 0 spiro atoms. The van der Waals surface area contributed by atoms with Crippen LogP contribution in [0.5, 0.6) is 11.5 Å². The van der Waals surface area contributed by atoms with Gasteiger partial charge in [0.1, 0.15) is 11.5 Å². The Labute approximate surface area is 101 Å². The Bertz CT molecular complexity index is 417. The number of rotatable bonds is 4. The fraction of sp³-hybridized carbons (Fsp3) is 0.143. The zero-order chi connectivity index (χ0) is 12.1. The molecule has 0 radical (unpaired) electrons. The van der Waals surface area contributed by atoms with E-state index in [-0.39, 0.29) is 6.79 Å². The van der Waals surface area contributed by atoms with Crippen molar-refractivity contribution in [1.29, 1.82) is 0 Å². The second-order valence-corrected chi connectivity index (χ2v) is 3.79. The standard InChI is InChI=1S/C14H15NO2/c1-11-2-6-13(7-3-11)16-10-17-14-8-4-12(15)5-9-14/h2-9H,10,15H2,1H3. The van der Waals surface area contributed by atoms with Gasteiger partial charge < -0.3 is 15.2 Å². The fourth-order valence-corrected chi connectivity index (χ4v) is 1.36. The molecular weight excluding hydrogens is 214 g/mol. The third kappa shape index (κ3) is 3.41. The molecule has 0 fully saturated rings. The molecule has 2 rings (SSSR count). The van der Waals surface area contributed by atoms with Crippen molar-refractivity contribution in [2.24, 2.45) is 0 Å². The molecule has 0 bridgehead atoms. The monoisotopic (exact) mass is 229 g/mol. The highest BCUT2D eigenvalue weighted by molar-refractivity contribution is 5.41. The van der Waals surface area contributed by atoms with Crippen molar-refractivity contribution in [3.8, 4) is 11.5 Å². The predicted octanol–water partition coefficient (Wildman–Crippen LogP) is 2.99. The lowest BCUT2D eigenvalue weighted by molar-refractivity contribution is 0.120. The molecule has 0 aliphatic carbocycles. The van der Waals surface area contributed by atoms with Crippen LogP contribution >= 0.6 is 0 Å². The van der Waals surface area contributed by atoms with Crippen LogP contribution in [0.2, 0.25) is 0 Å². The van der Waals surface area contributed by atoms with Crippen molar-refractivity contribution in [3.05, 3.63) is 54.1 Å². The largest absolute Gasteiger partial charge is 0.458 e. The van der Waals surface area contributed by atoms with Gasteiger partial charge in [-0.1, -0.05) is 17.7 Å². The van der Waals surface area contributed by atoms with Gasteiger partial charge in [0, 0.05) is 5.69 Å². The van der Waals surface area contributed by atoms with E-state index in [1.807, 2.05) is 43.3 Å². The van der Waals surface area contributed by atoms with E-state index in [1.54, 1.807) is 12.1 Å². The van der Waals surface area contributed by atoms with Gasteiger partial charge in [-0.25, -0.2) is 0 Å². The Kier molecular flexibility index (Phi) is 3.50. The second kappa shape index (κ2) is 5.25. The SMILES string of the molecule is Cc1ccc(OCOc2ccc(N)cc2)cc1. The van der Waals surface area contributed by atoms with E-state index in [0.717, 1.165) is 17.2 Å². The van der Waals surface area contributed by atoms with Crippen LogP contribution in [0.3, 0.4) is 0 Å². The average molecular weight is 229 g/mol. The van der Waals surface area contributed by atoms with Gasteiger partial charge >= 0.3 is 0 Å². The molecule has 2 N–H and O–H groups in total. The first-order valence-corrected chi connectivity index (χ1v) is 5.42. The van der Waals surface area contributed by atoms with E-state index in [4.69, 9.17) is 15.2 Å². The summed E-state index contributed by atoms with van der Waals surface area (Å²) in [5, 5.41) is 0. The second-order valence-electron chi connectivity index (χ2n) is 3.79. The summed E-state index contributed by atoms with van der Waals surface area (Å²) in [6.45, 7) is 2.22. The number of nitrogen functional groups attached to an aromatic ring is 1. The Balaban J connectivity index is 1.83. The lowest BCUT2D eigenvalue weighted by Crippen LogP contribution is -2.05. The first-order chi connectivity index (χ1) is 8.24. The highest BCUT2D eigenvalue weighted by atomic mass is 16.7. The summed E-state index contributed by atoms with van der Waals surface area (Å²) in [7, 11) is 0. The summed E-state index contributed by atoms with van der Waals surface area (Å²) < 4.78 is 10.9. The van der Waals surface area contributed by atoms with Crippen molar-refractivity contribution in [1.82, 2.24) is 0 Å². The van der Waals surface area contributed by atoms with E-state index in [9.17, 15) is 0 Å². The minimum atomic E-state index is 0.187. The summed E-state index contributed by atoms with van der Waals surface area (Å²) in [4.78, 5) is 0. The molecule has 0 saturated heterocycles. The van der Waals surface area contributed by atoms with E-state index < -0.39 is 0 Å². The number of ether oxygens (including phenoxy) is 2. The van der Waals surface area contributed by atoms with E-state index in [2.05, 4.69) is 0 Å². The first-order valence-electron chi connectivity index (χ1n) is 5.42. The molecule has 2 aromatic carbocycles. The zero-order valence-electron chi connectivity index (χ0n) is 9.72. The Morgan fingerprint density at radius 2 is 1.29 bits per heavy atom. The summed E-state index contributed by atoms with van der Waals surface area (Å²) in [6, 6.07) is 15.0. The molecule has 3 nitrogen and oxygen atoms in total. The van der Waals surface area contributed by atoms with Crippen LogP contribution in [0, 0.1) is 6.92 Å². The molecular formula is C14H15NO2. The predicted molar refractivity (Wildman–Crippen MR) is 68.2 cm³/mol. The van der Waals surface area contributed by atoms with Crippen LogP contribution in [-0.4, -0.2) is 6.79 Å². The van der Waals surface area contributed by atoms with Gasteiger partial charge in [0.05, 0.1) is 0 Å². The molecule has 2 aromatic rings. The smallest absolute Gasteiger partial charge is 0.230 e. The lowest BCUT2D eigenvalue weighted by Gasteiger charge is -2.08. The van der Waals surface area contributed by atoms with E-state index in [1.165, 1.54) is 5.56 Å². The maximum atomic E-state index is 5.57. The molecule has 0 aliphatic rings. The number of benzene rings is 2. The van der Waals surface area contributed by atoms with Gasteiger partial charge in [-0.2, -0.15) is 0 Å². The van der Waals surface area contributed by atoms with Crippen LogP contribution < -0.4 is 15.2 Å². The number of aryl methyl sites for hydroxylation is 1. The fourth-order valence-electron chi connectivity index (χ4n) is 1.36. The molecule has 0 amide bonds.